The second-order valence-electron chi connectivity index (χ2n) is 7.77. The van der Waals surface area contributed by atoms with E-state index in [0.29, 0.717) is 6.04 Å². The smallest absolute Gasteiger partial charge is 0.411 e. The minimum absolute atomic E-state index is 0.126. The van der Waals surface area contributed by atoms with Crippen LogP contribution in [0, 0.1) is 0 Å². The Labute approximate surface area is 165 Å². The minimum Gasteiger partial charge on any atom is -0.447 e. The van der Waals surface area contributed by atoms with E-state index < -0.39 is 6.09 Å². The van der Waals surface area contributed by atoms with Crippen LogP contribution < -0.4 is 5.32 Å². The Bertz CT molecular complexity index is 884. The van der Waals surface area contributed by atoms with E-state index in [0.717, 1.165) is 25.1 Å². The molecule has 1 atom stereocenters. The van der Waals surface area contributed by atoms with E-state index in [9.17, 15) is 4.79 Å². The Hall–Kier alpha value is -1.85. The molecule has 1 fully saturated rings. The predicted molar refractivity (Wildman–Crippen MR) is 114 cm³/mol. The van der Waals surface area contributed by atoms with Crippen LogP contribution in [0.15, 0.2) is 24.3 Å². The summed E-state index contributed by atoms with van der Waals surface area (Å²) in [5.41, 5.74) is 3.70. The fourth-order valence-corrected chi connectivity index (χ4v) is 5.48. The molecule has 5 heteroatoms. The van der Waals surface area contributed by atoms with Crippen molar-refractivity contribution >= 4 is 38.8 Å². The summed E-state index contributed by atoms with van der Waals surface area (Å²) in [6.07, 6.45) is 6.73. The summed E-state index contributed by atoms with van der Waals surface area (Å²) in [4.78, 5) is 16.0. The summed E-state index contributed by atoms with van der Waals surface area (Å²) < 4.78 is 6.51. The van der Waals surface area contributed by atoms with E-state index in [1.807, 2.05) is 31.3 Å². The number of fused-ring (bicyclic) bond motifs is 2. The molecule has 0 saturated carbocycles. The average molecular weight is 385 g/mol. The molecule has 144 valence electrons. The van der Waals surface area contributed by atoms with Crippen LogP contribution in [-0.2, 0) is 11.2 Å². The molecule has 4 nitrogen and oxygen atoms in total. The van der Waals surface area contributed by atoms with Gasteiger partial charge in [0.25, 0.3) is 0 Å². The average Bonchev–Trinajstić information content (AvgIpc) is 3.23. The first kappa shape index (κ1) is 18.5. The van der Waals surface area contributed by atoms with E-state index in [4.69, 9.17) is 4.74 Å². The molecule has 2 aliphatic rings. The molecule has 2 aliphatic heterocycles. The number of hydrogen-bond donors (Lipinski definition) is 1. The van der Waals surface area contributed by atoms with Gasteiger partial charge in [-0.1, -0.05) is 13.0 Å². The van der Waals surface area contributed by atoms with Gasteiger partial charge in [-0.2, -0.15) is 0 Å². The topological polar surface area (TPSA) is 41.6 Å². The van der Waals surface area contributed by atoms with Gasteiger partial charge in [0.2, 0.25) is 0 Å². The quantitative estimate of drug-likeness (QED) is 0.738. The third kappa shape index (κ3) is 3.76. The Morgan fingerprint density at radius 3 is 3.04 bits per heavy atom. The first-order valence-corrected chi connectivity index (χ1v) is 10.8. The van der Waals surface area contributed by atoms with Gasteiger partial charge in [0.1, 0.15) is 0 Å². The van der Waals surface area contributed by atoms with Crippen molar-refractivity contribution in [2.24, 2.45) is 0 Å². The van der Waals surface area contributed by atoms with Crippen LogP contribution >= 0.6 is 11.3 Å². The van der Waals surface area contributed by atoms with Gasteiger partial charge in [-0.05, 0) is 75.4 Å². The van der Waals surface area contributed by atoms with Crippen molar-refractivity contribution in [2.45, 2.75) is 58.6 Å². The Morgan fingerprint density at radius 2 is 2.26 bits per heavy atom. The molecular formula is C22H28N2O2S. The molecule has 0 aliphatic carbocycles. The van der Waals surface area contributed by atoms with Gasteiger partial charge in [-0.3, -0.25) is 10.2 Å². The SMILES string of the molecule is CCc1sc2ccc(NC(=O)OC(C)C)cc2c1C1=CCN2CCCC2C1. The Balaban J connectivity index is 1.68. The second kappa shape index (κ2) is 7.64. The normalized spacial score (nSPS) is 20.0. The number of benzene rings is 1. The lowest BCUT2D eigenvalue weighted by Gasteiger charge is -2.29. The number of carbonyl (C=O) groups is 1. The van der Waals surface area contributed by atoms with Crippen LogP contribution in [0.3, 0.4) is 0 Å². The fourth-order valence-electron chi connectivity index (χ4n) is 4.32. The number of anilines is 1. The summed E-state index contributed by atoms with van der Waals surface area (Å²) in [5.74, 6) is 0. The van der Waals surface area contributed by atoms with Crippen LogP contribution in [0.25, 0.3) is 15.7 Å². The lowest BCUT2D eigenvalue weighted by atomic mass is 9.91. The first-order valence-electron chi connectivity index (χ1n) is 10.0. The monoisotopic (exact) mass is 384 g/mol. The number of ether oxygens (including phenoxy) is 1. The summed E-state index contributed by atoms with van der Waals surface area (Å²) in [5, 5.41) is 4.14. The highest BCUT2D eigenvalue weighted by Crippen LogP contribution is 2.42. The van der Waals surface area contributed by atoms with Crippen molar-refractivity contribution in [1.82, 2.24) is 4.90 Å². The van der Waals surface area contributed by atoms with Gasteiger partial charge < -0.3 is 4.74 Å². The zero-order valence-corrected chi connectivity index (χ0v) is 17.2. The van der Waals surface area contributed by atoms with Crippen LogP contribution in [-0.4, -0.2) is 36.2 Å². The van der Waals surface area contributed by atoms with Crippen molar-refractivity contribution in [3.05, 3.63) is 34.7 Å². The molecule has 1 N–H and O–H groups in total. The van der Waals surface area contributed by atoms with Crippen molar-refractivity contribution < 1.29 is 9.53 Å². The number of amides is 1. The van der Waals surface area contributed by atoms with E-state index in [2.05, 4.69) is 35.3 Å². The van der Waals surface area contributed by atoms with Crippen molar-refractivity contribution in [3.8, 4) is 0 Å². The molecule has 1 unspecified atom stereocenters. The highest BCUT2D eigenvalue weighted by atomic mass is 32.1. The van der Waals surface area contributed by atoms with Crippen molar-refractivity contribution in [2.75, 3.05) is 18.4 Å². The van der Waals surface area contributed by atoms with Crippen molar-refractivity contribution in [1.29, 1.82) is 0 Å². The largest absolute Gasteiger partial charge is 0.447 e. The molecule has 0 radical (unpaired) electrons. The third-order valence-corrected chi connectivity index (χ3v) is 6.83. The highest BCUT2D eigenvalue weighted by molar-refractivity contribution is 7.19. The van der Waals surface area contributed by atoms with Crippen LogP contribution in [0.5, 0.6) is 0 Å². The van der Waals surface area contributed by atoms with Gasteiger partial charge in [0, 0.05) is 33.2 Å². The lowest BCUT2D eigenvalue weighted by Crippen LogP contribution is -2.32. The lowest BCUT2D eigenvalue weighted by molar-refractivity contribution is 0.130. The molecule has 27 heavy (non-hydrogen) atoms. The number of aryl methyl sites for hydroxylation is 1. The zero-order chi connectivity index (χ0) is 19.0. The van der Waals surface area contributed by atoms with E-state index in [-0.39, 0.29) is 6.10 Å². The molecule has 2 aromatic rings. The molecular weight excluding hydrogens is 356 g/mol. The van der Waals surface area contributed by atoms with E-state index in [1.54, 1.807) is 0 Å². The maximum atomic E-state index is 12.0. The number of nitrogens with one attached hydrogen (secondary N) is 1. The summed E-state index contributed by atoms with van der Waals surface area (Å²) >= 11 is 1.88. The third-order valence-electron chi connectivity index (χ3n) is 5.52. The molecule has 0 spiro atoms. The van der Waals surface area contributed by atoms with Gasteiger partial charge in [0.05, 0.1) is 6.10 Å². The predicted octanol–water partition coefficient (Wildman–Crippen LogP) is 5.67. The number of thiophene rings is 1. The zero-order valence-electron chi connectivity index (χ0n) is 16.4. The Morgan fingerprint density at radius 1 is 1.41 bits per heavy atom. The van der Waals surface area contributed by atoms with Gasteiger partial charge in [0.15, 0.2) is 0 Å². The standard InChI is InChI=1S/C22H28N2O2S/c1-4-19-21(15-9-11-24-10-5-6-17(24)12-15)18-13-16(7-8-20(18)27-19)23-22(25)26-14(2)3/h7-9,13-14,17H,4-6,10-12H2,1-3H3,(H,23,25). The molecule has 4 rings (SSSR count). The molecule has 1 amide bonds. The maximum Gasteiger partial charge on any atom is 0.411 e. The Kier molecular flexibility index (Phi) is 5.24. The number of rotatable bonds is 4. The van der Waals surface area contributed by atoms with Gasteiger partial charge in [-0.15, -0.1) is 11.3 Å². The number of carbonyl (C=O) groups excluding carboxylic acids is 1. The van der Waals surface area contributed by atoms with Crippen molar-refractivity contribution in [3.63, 3.8) is 0 Å². The minimum atomic E-state index is -0.393. The van der Waals surface area contributed by atoms with Crippen LogP contribution in [0.4, 0.5) is 10.5 Å². The summed E-state index contributed by atoms with van der Waals surface area (Å²) in [6.45, 7) is 8.26. The van der Waals surface area contributed by atoms with Crippen LogP contribution in [0.2, 0.25) is 0 Å². The summed E-state index contributed by atoms with van der Waals surface area (Å²) in [7, 11) is 0. The van der Waals surface area contributed by atoms with Gasteiger partial charge >= 0.3 is 6.09 Å². The second-order valence-corrected chi connectivity index (χ2v) is 8.91. The number of hydrogen-bond acceptors (Lipinski definition) is 4. The molecule has 3 heterocycles. The van der Waals surface area contributed by atoms with E-state index >= 15 is 0 Å². The van der Waals surface area contributed by atoms with E-state index in [1.165, 1.54) is 45.5 Å². The summed E-state index contributed by atoms with van der Waals surface area (Å²) in [6, 6.07) is 6.91. The molecule has 1 aromatic heterocycles. The molecule has 1 aromatic carbocycles. The highest BCUT2D eigenvalue weighted by Gasteiger charge is 2.29. The molecule has 0 bridgehead atoms. The van der Waals surface area contributed by atoms with Gasteiger partial charge in [-0.25, -0.2) is 4.79 Å². The number of nitrogens with zero attached hydrogens (tertiary/aromatic N) is 1. The maximum absolute atomic E-state index is 12.0. The molecule has 1 saturated heterocycles. The fraction of sp³-hybridized carbons (Fsp3) is 0.500. The van der Waals surface area contributed by atoms with Crippen LogP contribution in [0.1, 0.15) is 50.5 Å². The first-order chi connectivity index (χ1) is 13.0.